The molecular weight excluding hydrogens is 228 g/mol. The molecule has 0 unspecified atom stereocenters. The maximum Gasteiger partial charge on any atom is 0.0629 e. The summed E-state index contributed by atoms with van der Waals surface area (Å²) in [5, 5.41) is 0. The van der Waals surface area contributed by atoms with Crippen molar-refractivity contribution in [2.75, 3.05) is 0 Å². The van der Waals surface area contributed by atoms with Gasteiger partial charge in [-0.05, 0) is 46.6 Å². The van der Waals surface area contributed by atoms with Gasteiger partial charge in [-0.3, -0.25) is 0 Å². The molecule has 0 aromatic heterocycles. The third-order valence-electron chi connectivity index (χ3n) is 3.52. The molecule has 0 bridgehead atoms. The van der Waals surface area contributed by atoms with Crippen LogP contribution in [0, 0.1) is 6.92 Å². The summed E-state index contributed by atoms with van der Waals surface area (Å²) in [6.45, 7) is 10.5. The topological polar surface area (TPSA) is 0 Å². The van der Waals surface area contributed by atoms with Gasteiger partial charge in [0.25, 0.3) is 0 Å². The van der Waals surface area contributed by atoms with Crippen molar-refractivity contribution in [3.8, 4) is 11.1 Å². The summed E-state index contributed by atoms with van der Waals surface area (Å²) in [5.74, 6) is 0.597. The van der Waals surface area contributed by atoms with E-state index in [1.165, 1.54) is 5.56 Å². The molecule has 0 atom stereocenters. The maximum absolute atomic E-state index is 8.21. The molecule has 0 nitrogen and oxygen atoms in total. The average molecular weight is 257 g/mol. The van der Waals surface area contributed by atoms with E-state index in [-0.39, 0.29) is 35.8 Å². The van der Waals surface area contributed by atoms with Gasteiger partial charge in [0.1, 0.15) is 0 Å². The summed E-state index contributed by atoms with van der Waals surface area (Å²) < 4.78 is 40.0. The van der Waals surface area contributed by atoms with Crippen molar-refractivity contribution in [3.05, 3.63) is 59.0 Å². The normalized spacial score (nSPS) is 15.0. The van der Waals surface area contributed by atoms with Crippen LogP contribution < -0.4 is 0 Å². The lowest BCUT2D eigenvalue weighted by molar-refractivity contribution is 0.818. The predicted octanol–water partition coefficient (Wildman–Crippen LogP) is 5.91. The van der Waals surface area contributed by atoms with Gasteiger partial charge >= 0.3 is 0 Å². The highest BCUT2D eigenvalue weighted by Crippen LogP contribution is 2.32. The molecule has 19 heavy (non-hydrogen) atoms. The van der Waals surface area contributed by atoms with Crippen LogP contribution >= 0.6 is 0 Å². The molecule has 0 heteroatoms. The van der Waals surface area contributed by atoms with Crippen LogP contribution in [0.25, 0.3) is 11.1 Å². The zero-order valence-corrected chi connectivity index (χ0v) is 12.3. The van der Waals surface area contributed by atoms with E-state index in [9.17, 15) is 0 Å². The highest BCUT2D eigenvalue weighted by atomic mass is 14.2. The number of benzene rings is 2. The van der Waals surface area contributed by atoms with Crippen LogP contribution in [0.4, 0.5) is 0 Å². The minimum atomic E-state index is -0.353. The molecule has 0 aliphatic heterocycles. The second kappa shape index (κ2) is 5.61. The van der Waals surface area contributed by atoms with E-state index in [0.29, 0.717) is 17.4 Å². The lowest BCUT2D eigenvalue weighted by atomic mass is 9.86. The highest BCUT2D eigenvalue weighted by Gasteiger charge is 2.13. The van der Waals surface area contributed by atoms with Gasteiger partial charge in [-0.1, -0.05) is 70.0 Å². The number of hydrogen-bond donors (Lipinski definition) is 0. The second-order valence-electron chi connectivity index (χ2n) is 5.59. The zero-order valence-electron chi connectivity index (χ0n) is 17.3. The van der Waals surface area contributed by atoms with Crippen molar-refractivity contribution in [3.63, 3.8) is 0 Å². The molecule has 0 aliphatic carbocycles. The van der Waals surface area contributed by atoms with Crippen molar-refractivity contribution in [1.82, 2.24) is 0 Å². The fraction of sp³-hybridized carbons (Fsp3) is 0.368. The first kappa shape index (κ1) is 8.58. The van der Waals surface area contributed by atoms with E-state index in [1.54, 1.807) is 0 Å². The first-order valence-corrected chi connectivity index (χ1v) is 6.79. The van der Waals surface area contributed by atoms with Gasteiger partial charge in [0.05, 0.1) is 6.85 Å². The summed E-state index contributed by atoms with van der Waals surface area (Å²) in [5.41, 5.74) is 4.51. The molecular formula is C19H24. The highest BCUT2D eigenvalue weighted by molar-refractivity contribution is 5.66. The van der Waals surface area contributed by atoms with Crippen molar-refractivity contribution >= 4 is 0 Å². The molecule has 2 rings (SSSR count). The largest absolute Gasteiger partial charge is 0.0629 e. The van der Waals surface area contributed by atoms with Crippen LogP contribution in [0.2, 0.25) is 0 Å². The SMILES string of the molecule is [2H]c1c([2H])c([2H])c(-c2cc(C(C)C)c(C)c(C(C)C)c2)c([2H])c1[2H]. The van der Waals surface area contributed by atoms with Gasteiger partial charge in [-0.15, -0.1) is 0 Å². The third-order valence-corrected chi connectivity index (χ3v) is 3.52. The molecule has 0 saturated carbocycles. The fourth-order valence-electron chi connectivity index (χ4n) is 2.50. The number of hydrogen-bond acceptors (Lipinski definition) is 0. The Morgan fingerprint density at radius 3 is 1.68 bits per heavy atom. The second-order valence-corrected chi connectivity index (χ2v) is 5.59. The molecule has 0 spiro atoms. The molecule has 0 fully saturated rings. The molecule has 100 valence electrons. The molecule has 0 N–H and O–H groups in total. The Morgan fingerprint density at radius 1 is 0.789 bits per heavy atom. The van der Waals surface area contributed by atoms with Gasteiger partial charge in [0.15, 0.2) is 0 Å². The third kappa shape index (κ3) is 2.89. The minimum Gasteiger partial charge on any atom is -0.0622 e. The van der Waals surface area contributed by atoms with Gasteiger partial charge in [0.2, 0.25) is 0 Å². The van der Waals surface area contributed by atoms with E-state index in [1.807, 2.05) is 12.1 Å². The summed E-state index contributed by atoms with van der Waals surface area (Å²) in [7, 11) is 0. The van der Waals surface area contributed by atoms with E-state index in [2.05, 4.69) is 34.6 Å². The lowest BCUT2D eigenvalue weighted by Crippen LogP contribution is -2.00. The Hall–Kier alpha value is -1.56. The summed E-state index contributed by atoms with van der Waals surface area (Å²) in [6, 6.07) is 2.73. The van der Waals surface area contributed by atoms with Crippen LogP contribution in [0.15, 0.2) is 42.3 Å². The van der Waals surface area contributed by atoms with Gasteiger partial charge in [-0.25, -0.2) is 0 Å². The fourth-order valence-corrected chi connectivity index (χ4v) is 2.50. The first-order valence-electron chi connectivity index (χ1n) is 9.29. The van der Waals surface area contributed by atoms with Crippen LogP contribution in [0.3, 0.4) is 0 Å². The lowest BCUT2D eigenvalue weighted by Gasteiger charge is -2.19. The van der Waals surface area contributed by atoms with Crippen molar-refractivity contribution in [2.45, 2.75) is 46.5 Å². The van der Waals surface area contributed by atoms with E-state index >= 15 is 0 Å². The van der Waals surface area contributed by atoms with E-state index < -0.39 is 0 Å². The van der Waals surface area contributed by atoms with Crippen LogP contribution in [0.1, 0.15) is 63.1 Å². The van der Waals surface area contributed by atoms with Gasteiger partial charge < -0.3 is 0 Å². The predicted molar refractivity (Wildman–Crippen MR) is 84.8 cm³/mol. The van der Waals surface area contributed by atoms with Crippen LogP contribution in [-0.2, 0) is 0 Å². The summed E-state index contributed by atoms with van der Waals surface area (Å²) in [4.78, 5) is 0. The zero-order chi connectivity index (χ0) is 18.3. The average Bonchev–Trinajstić information content (AvgIpc) is 2.51. The van der Waals surface area contributed by atoms with Crippen LogP contribution in [-0.4, -0.2) is 0 Å². The Bertz CT molecular complexity index is 733. The Balaban J connectivity index is 2.88. The smallest absolute Gasteiger partial charge is 0.0622 e. The van der Waals surface area contributed by atoms with Crippen molar-refractivity contribution < 1.29 is 6.85 Å². The van der Waals surface area contributed by atoms with E-state index in [4.69, 9.17) is 6.85 Å². The minimum absolute atomic E-state index is 0.144. The quantitative estimate of drug-likeness (QED) is 0.641. The Morgan fingerprint density at radius 2 is 1.26 bits per heavy atom. The summed E-state index contributed by atoms with van der Waals surface area (Å²) >= 11 is 0. The van der Waals surface area contributed by atoms with Gasteiger partial charge in [-0.2, -0.15) is 0 Å². The first-order chi connectivity index (χ1) is 11.1. The molecule has 0 radical (unpaired) electrons. The molecule has 0 amide bonds. The standard InChI is InChI=1S/C19H24/c1-13(2)18-11-17(16-9-7-6-8-10-16)12-19(14(3)4)15(18)5/h6-14H,1-5H3/i6D,7D,8D,9D,10D. The van der Waals surface area contributed by atoms with Gasteiger partial charge in [0, 0.05) is 0 Å². The monoisotopic (exact) mass is 257 g/mol. The molecule has 0 aliphatic rings. The Kier molecular flexibility index (Phi) is 2.53. The number of rotatable bonds is 3. The molecule has 2 aromatic rings. The van der Waals surface area contributed by atoms with E-state index in [0.717, 1.165) is 11.1 Å². The maximum atomic E-state index is 8.21. The Labute approximate surface area is 124 Å². The summed E-state index contributed by atoms with van der Waals surface area (Å²) in [6.07, 6.45) is 0. The molecule has 2 aromatic carbocycles. The molecule has 0 heterocycles. The van der Waals surface area contributed by atoms with Crippen molar-refractivity contribution in [2.24, 2.45) is 0 Å². The van der Waals surface area contributed by atoms with Crippen molar-refractivity contribution in [1.29, 1.82) is 0 Å². The molecule has 0 saturated heterocycles. The van der Waals surface area contributed by atoms with Crippen LogP contribution in [0.5, 0.6) is 0 Å².